The number of aliphatic hydroxyl groups is 1. The van der Waals surface area contributed by atoms with Crippen molar-refractivity contribution in [2.75, 3.05) is 13.2 Å². The molecule has 0 radical (unpaired) electrons. The van der Waals surface area contributed by atoms with Crippen LogP contribution in [0.2, 0.25) is 0 Å². The van der Waals surface area contributed by atoms with E-state index in [4.69, 9.17) is 9.47 Å². The van der Waals surface area contributed by atoms with Crippen LogP contribution in [0.4, 0.5) is 0 Å². The van der Waals surface area contributed by atoms with E-state index in [1.807, 2.05) is 36.4 Å². The SMILES string of the molecule is OC(C#CCOC1CCCCO1)/C=C/c1ccccc1. The molecular formula is C17H20O3. The molecule has 1 aromatic rings. The lowest BCUT2D eigenvalue weighted by molar-refractivity contribution is -0.154. The second-order valence-electron chi connectivity index (χ2n) is 4.64. The molecule has 0 aromatic heterocycles. The van der Waals surface area contributed by atoms with Gasteiger partial charge in [0.05, 0.1) is 0 Å². The van der Waals surface area contributed by atoms with Gasteiger partial charge in [-0.1, -0.05) is 48.2 Å². The Labute approximate surface area is 120 Å². The van der Waals surface area contributed by atoms with Gasteiger partial charge in [-0.25, -0.2) is 0 Å². The number of aliphatic hydroxyl groups excluding tert-OH is 1. The maximum absolute atomic E-state index is 9.70. The Kier molecular flexibility index (Phi) is 6.33. The fourth-order valence-corrected chi connectivity index (χ4v) is 1.94. The van der Waals surface area contributed by atoms with Gasteiger partial charge in [-0.15, -0.1) is 0 Å². The Morgan fingerprint density at radius 3 is 2.95 bits per heavy atom. The van der Waals surface area contributed by atoms with Gasteiger partial charge in [-0.3, -0.25) is 0 Å². The molecule has 2 atom stereocenters. The molecule has 1 heterocycles. The predicted octanol–water partition coefficient (Wildman–Crippen LogP) is 2.61. The van der Waals surface area contributed by atoms with Crippen LogP contribution in [-0.4, -0.2) is 30.7 Å². The molecule has 1 aromatic carbocycles. The average Bonchev–Trinajstić information content (AvgIpc) is 2.52. The monoisotopic (exact) mass is 272 g/mol. The zero-order valence-corrected chi connectivity index (χ0v) is 11.5. The molecule has 1 aliphatic rings. The van der Waals surface area contributed by atoms with E-state index < -0.39 is 6.10 Å². The maximum Gasteiger partial charge on any atom is 0.158 e. The molecule has 106 valence electrons. The van der Waals surface area contributed by atoms with E-state index in [0.29, 0.717) is 6.61 Å². The van der Waals surface area contributed by atoms with E-state index in [1.165, 1.54) is 0 Å². The van der Waals surface area contributed by atoms with Crippen LogP contribution in [0.1, 0.15) is 24.8 Å². The summed E-state index contributed by atoms with van der Waals surface area (Å²) < 4.78 is 10.9. The lowest BCUT2D eigenvalue weighted by atomic mass is 10.2. The van der Waals surface area contributed by atoms with Crippen LogP contribution >= 0.6 is 0 Å². The minimum atomic E-state index is -0.772. The number of rotatable bonds is 4. The Morgan fingerprint density at radius 1 is 1.35 bits per heavy atom. The fraction of sp³-hybridized carbons (Fsp3) is 0.412. The average molecular weight is 272 g/mol. The van der Waals surface area contributed by atoms with Gasteiger partial charge in [0.2, 0.25) is 0 Å². The van der Waals surface area contributed by atoms with Crippen molar-refractivity contribution in [2.24, 2.45) is 0 Å². The van der Waals surface area contributed by atoms with Crippen molar-refractivity contribution in [1.29, 1.82) is 0 Å². The van der Waals surface area contributed by atoms with Gasteiger partial charge in [0.1, 0.15) is 12.7 Å². The molecule has 1 fully saturated rings. The Morgan fingerprint density at radius 2 is 2.20 bits per heavy atom. The Hall–Kier alpha value is -1.60. The first kappa shape index (κ1) is 14.8. The second kappa shape index (κ2) is 8.55. The van der Waals surface area contributed by atoms with Crippen LogP contribution in [0.5, 0.6) is 0 Å². The lowest BCUT2D eigenvalue weighted by Crippen LogP contribution is -2.22. The molecule has 1 saturated heterocycles. The van der Waals surface area contributed by atoms with Crippen LogP contribution in [-0.2, 0) is 9.47 Å². The summed E-state index contributed by atoms with van der Waals surface area (Å²) in [6.07, 6.45) is 5.79. The topological polar surface area (TPSA) is 38.7 Å². The molecule has 1 aliphatic heterocycles. The summed E-state index contributed by atoms with van der Waals surface area (Å²) in [6.45, 7) is 1.06. The molecule has 3 heteroatoms. The molecule has 1 N–H and O–H groups in total. The van der Waals surface area contributed by atoms with Crippen LogP contribution in [0, 0.1) is 11.8 Å². The molecule has 20 heavy (non-hydrogen) atoms. The molecule has 2 unspecified atom stereocenters. The van der Waals surface area contributed by atoms with E-state index in [9.17, 15) is 5.11 Å². The van der Waals surface area contributed by atoms with Crippen LogP contribution in [0.15, 0.2) is 36.4 Å². The van der Waals surface area contributed by atoms with E-state index in [1.54, 1.807) is 6.08 Å². The third-order valence-corrected chi connectivity index (χ3v) is 3.00. The first-order chi connectivity index (χ1) is 9.84. The first-order valence-corrected chi connectivity index (χ1v) is 6.97. The van der Waals surface area contributed by atoms with Crippen LogP contribution < -0.4 is 0 Å². The van der Waals surface area contributed by atoms with E-state index >= 15 is 0 Å². The van der Waals surface area contributed by atoms with E-state index in [2.05, 4.69) is 11.8 Å². The van der Waals surface area contributed by atoms with Gasteiger partial charge in [-0.2, -0.15) is 0 Å². The van der Waals surface area contributed by atoms with Crippen LogP contribution in [0.25, 0.3) is 6.08 Å². The van der Waals surface area contributed by atoms with E-state index in [-0.39, 0.29) is 6.29 Å². The van der Waals surface area contributed by atoms with Gasteiger partial charge in [-0.05, 0) is 30.9 Å². The summed E-state index contributed by atoms with van der Waals surface area (Å²) in [5.74, 6) is 5.55. The number of benzene rings is 1. The van der Waals surface area contributed by atoms with Gasteiger partial charge in [0, 0.05) is 6.61 Å². The predicted molar refractivity (Wildman–Crippen MR) is 78.8 cm³/mol. The summed E-state index contributed by atoms with van der Waals surface area (Å²) in [5.41, 5.74) is 1.04. The maximum atomic E-state index is 9.70. The lowest BCUT2D eigenvalue weighted by Gasteiger charge is -2.21. The molecular weight excluding hydrogens is 252 g/mol. The van der Waals surface area contributed by atoms with Crippen molar-refractivity contribution in [3.8, 4) is 11.8 Å². The molecule has 0 amide bonds. The highest BCUT2D eigenvalue weighted by atomic mass is 16.7. The third kappa shape index (κ3) is 5.58. The minimum Gasteiger partial charge on any atom is -0.377 e. The van der Waals surface area contributed by atoms with Gasteiger partial charge >= 0.3 is 0 Å². The molecule has 0 bridgehead atoms. The molecule has 2 rings (SSSR count). The van der Waals surface area contributed by atoms with Crippen molar-refractivity contribution in [2.45, 2.75) is 31.7 Å². The molecule has 3 nitrogen and oxygen atoms in total. The largest absolute Gasteiger partial charge is 0.377 e. The van der Waals surface area contributed by atoms with Gasteiger partial charge in [0.15, 0.2) is 6.29 Å². The normalized spacial score (nSPS) is 20.4. The summed E-state index contributed by atoms with van der Waals surface area (Å²) in [6, 6.07) is 9.81. The Balaban J connectivity index is 1.70. The van der Waals surface area contributed by atoms with Crippen molar-refractivity contribution < 1.29 is 14.6 Å². The number of hydrogen-bond acceptors (Lipinski definition) is 3. The van der Waals surface area contributed by atoms with E-state index in [0.717, 1.165) is 31.4 Å². The molecule has 0 saturated carbocycles. The highest BCUT2D eigenvalue weighted by Crippen LogP contribution is 2.13. The van der Waals surface area contributed by atoms with Crippen molar-refractivity contribution in [1.82, 2.24) is 0 Å². The zero-order chi connectivity index (χ0) is 14.0. The summed E-state index contributed by atoms with van der Waals surface area (Å²) >= 11 is 0. The third-order valence-electron chi connectivity index (χ3n) is 3.00. The quantitative estimate of drug-likeness (QED) is 0.856. The van der Waals surface area contributed by atoms with Crippen molar-refractivity contribution in [3.05, 3.63) is 42.0 Å². The fourth-order valence-electron chi connectivity index (χ4n) is 1.94. The second-order valence-corrected chi connectivity index (χ2v) is 4.64. The van der Waals surface area contributed by atoms with Crippen molar-refractivity contribution in [3.63, 3.8) is 0 Å². The standard InChI is InChI=1S/C17H20O3/c18-16(12-11-15-7-2-1-3-8-15)9-6-14-20-17-10-4-5-13-19-17/h1-3,7-8,11-12,16-18H,4-5,10,13-14H2/b12-11+. The molecule has 0 spiro atoms. The minimum absolute atomic E-state index is 0.130. The molecule has 0 aliphatic carbocycles. The highest BCUT2D eigenvalue weighted by Gasteiger charge is 2.12. The summed E-state index contributed by atoms with van der Waals surface area (Å²) in [5, 5.41) is 9.70. The van der Waals surface area contributed by atoms with Gasteiger partial charge in [0.25, 0.3) is 0 Å². The number of hydrogen-bond donors (Lipinski definition) is 1. The zero-order valence-electron chi connectivity index (χ0n) is 11.5. The Bertz CT molecular complexity index is 464. The van der Waals surface area contributed by atoms with Gasteiger partial charge < -0.3 is 14.6 Å². The van der Waals surface area contributed by atoms with Crippen LogP contribution in [0.3, 0.4) is 0 Å². The summed E-state index contributed by atoms with van der Waals surface area (Å²) in [7, 11) is 0. The first-order valence-electron chi connectivity index (χ1n) is 6.97. The van der Waals surface area contributed by atoms with Crippen molar-refractivity contribution >= 4 is 6.08 Å². The highest BCUT2D eigenvalue weighted by molar-refractivity contribution is 5.50. The number of ether oxygens (including phenoxy) is 2. The summed E-state index contributed by atoms with van der Waals surface area (Å²) in [4.78, 5) is 0. The smallest absolute Gasteiger partial charge is 0.158 e.